The van der Waals surface area contributed by atoms with Crippen molar-refractivity contribution in [2.75, 3.05) is 0 Å². The van der Waals surface area contributed by atoms with Gasteiger partial charge in [0, 0.05) is 16.6 Å². The summed E-state index contributed by atoms with van der Waals surface area (Å²) in [5, 5.41) is 8.52. The molecule has 3 rings (SSSR count). The first-order valence-electron chi connectivity index (χ1n) is 9.28. The van der Waals surface area contributed by atoms with Crippen LogP contribution in [0.5, 0.6) is 5.75 Å². The summed E-state index contributed by atoms with van der Waals surface area (Å²) in [6.07, 6.45) is 7.61. The highest BCUT2D eigenvalue weighted by molar-refractivity contribution is 7.80. The third-order valence-corrected chi connectivity index (χ3v) is 4.97. The lowest BCUT2D eigenvalue weighted by Gasteiger charge is -2.23. The van der Waals surface area contributed by atoms with Crippen molar-refractivity contribution in [2.24, 2.45) is 5.10 Å². The maximum absolute atomic E-state index is 12.3. The molecule has 0 saturated heterocycles. The van der Waals surface area contributed by atoms with Gasteiger partial charge in [-0.1, -0.05) is 43.0 Å². The average Bonchev–Trinajstić information content (AvgIpc) is 2.70. The highest BCUT2D eigenvalue weighted by Crippen LogP contribution is 2.19. The first-order valence-corrected chi connectivity index (χ1v) is 10.1. The van der Waals surface area contributed by atoms with E-state index in [1.165, 1.54) is 19.3 Å². The smallest absolute Gasteiger partial charge is 0.343 e. The SMILES string of the molecule is O=C(Oc1ccccc1/C=N/NC(=S)NC1CCCCC1)c1ccc(Cl)cc1. The van der Waals surface area contributed by atoms with Crippen LogP contribution in [0, 0.1) is 0 Å². The van der Waals surface area contributed by atoms with E-state index < -0.39 is 5.97 Å². The van der Waals surface area contributed by atoms with E-state index in [0.29, 0.717) is 33.1 Å². The van der Waals surface area contributed by atoms with Gasteiger partial charge in [-0.25, -0.2) is 4.79 Å². The summed E-state index contributed by atoms with van der Waals surface area (Å²) in [4.78, 5) is 12.3. The molecule has 2 N–H and O–H groups in total. The molecule has 0 aliphatic heterocycles. The predicted octanol–water partition coefficient (Wildman–Crippen LogP) is 4.69. The van der Waals surface area contributed by atoms with E-state index in [-0.39, 0.29) is 0 Å². The zero-order valence-corrected chi connectivity index (χ0v) is 16.9. The molecular formula is C21H22ClN3O2S. The van der Waals surface area contributed by atoms with Gasteiger partial charge in [0.2, 0.25) is 0 Å². The van der Waals surface area contributed by atoms with Crippen LogP contribution in [-0.4, -0.2) is 23.3 Å². The van der Waals surface area contributed by atoms with Crippen molar-refractivity contribution >= 4 is 41.1 Å². The van der Waals surface area contributed by atoms with Crippen molar-refractivity contribution in [3.8, 4) is 5.75 Å². The summed E-state index contributed by atoms with van der Waals surface area (Å²) in [6.45, 7) is 0. The van der Waals surface area contributed by atoms with Gasteiger partial charge in [-0.15, -0.1) is 0 Å². The summed E-state index contributed by atoms with van der Waals surface area (Å²) in [5.41, 5.74) is 3.92. The minimum atomic E-state index is -0.458. The first kappa shape index (κ1) is 20.3. The molecule has 0 aromatic heterocycles. The van der Waals surface area contributed by atoms with E-state index in [1.54, 1.807) is 42.6 Å². The number of rotatable bonds is 5. The second-order valence-corrected chi connectivity index (χ2v) is 7.46. The summed E-state index contributed by atoms with van der Waals surface area (Å²) in [7, 11) is 0. The summed E-state index contributed by atoms with van der Waals surface area (Å²) >= 11 is 11.1. The van der Waals surface area contributed by atoms with E-state index in [0.717, 1.165) is 12.8 Å². The fourth-order valence-electron chi connectivity index (χ4n) is 3.05. The normalized spacial score (nSPS) is 14.6. The number of carbonyl (C=O) groups excluding carboxylic acids is 1. The van der Waals surface area contributed by atoms with Crippen molar-refractivity contribution in [2.45, 2.75) is 38.1 Å². The van der Waals surface area contributed by atoms with Crippen molar-refractivity contribution in [3.63, 3.8) is 0 Å². The molecule has 2 aromatic rings. The Morgan fingerprint density at radius 3 is 2.57 bits per heavy atom. The summed E-state index contributed by atoms with van der Waals surface area (Å²) in [5.74, 6) is -0.0425. The molecule has 28 heavy (non-hydrogen) atoms. The number of halogens is 1. The second-order valence-electron chi connectivity index (χ2n) is 6.61. The largest absolute Gasteiger partial charge is 0.422 e. The molecule has 0 heterocycles. The Morgan fingerprint density at radius 2 is 1.82 bits per heavy atom. The van der Waals surface area contributed by atoms with E-state index in [1.807, 2.05) is 12.1 Å². The first-order chi connectivity index (χ1) is 13.6. The Balaban J connectivity index is 1.58. The van der Waals surface area contributed by atoms with Crippen molar-refractivity contribution in [1.29, 1.82) is 0 Å². The molecular weight excluding hydrogens is 394 g/mol. The minimum Gasteiger partial charge on any atom is -0.422 e. The Bertz CT molecular complexity index is 849. The zero-order chi connectivity index (χ0) is 19.8. The molecule has 1 aliphatic rings. The van der Waals surface area contributed by atoms with E-state index in [4.69, 9.17) is 28.6 Å². The number of benzene rings is 2. The number of hydrogen-bond donors (Lipinski definition) is 2. The van der Waals surface area contributed by atoms with E-state index in [2.05, 4.69) is 15.8 Å². The number of esters is 1. The van der Waals surface area contributed by atoms with Crippen LogP contribution in [-0.2, 0) is 0 Å². The Kier molecular flexibility index (Phi) is 7.39. The van der Waals surface area contributed by atoms with Crippen LogP contribution in [0.2, 0.25) is 5.02 Å². The monoisotopic (exact) mass is 415 g/mol. The molecule has 0 radical (unpaired) electrons. The number of para-hydroxylation sites is 1. The van der Waals surface area contributed by atoms with Crippen LogP contribution >= 0.6 is 23.8 Å². The van der Waals surface area contributed by atoms with Crippen LogP contribution in [0.15, 0.2) is 53.6 Å². The van der Waals surface area contributed by atoms with Crippen molar-refractivity contribution < 1.29 is 9.53 Å². The lowest BCUT2D eigenvalue weighted by atomic mass is 9.96. The van der Waals surface area contributed by atoms with Crippen molar-refractivity contribution in [3.05, 3.63) is 64.7 Å². The molecule has 0 amide bonds. The zero-order valence-electron chi connectivity index (χ0n) is 15.4. The third-order valence-electron chi connectivity index (χ3n) is 4.51. The molecule has 7 heteroatoms. The van der Waals surface area contributed by atoms with Crippen LogP contribution in [0.3, 0.4) is 0 Å². The number of carbonyl (C=O) groups is 1. The molecule has 5 nitrogen and oxygen atoms in total. The van der Waals surface area contributed by atoms with E-state index in [9.17, 15) is 4.79 Å². The van der Waals surface area contributed by atoms with Gasteiger partial charge in [-0.05, 0) is 61.5 Å². The molecule has 0 unspecified atom stereocenters. The Labute approximate surface area is 175 Å². The number of nitrogens with one attached hydrogen (secondary N) is 2. The maximum Gasteiger partial charge on any atom is 0.343 e. The van der Waals surface area contributed by atoms with Gasteiger partial charge >= 0.3 is 5.97 Å². The van der Waals surface area contributed by atoms with Crippen LogP contribution < -0.4 is 15.5 Å². The second kappa shape index (κ2) is 10.2. The number of nitrogens with zero attached hydrogens (tertiary/aromatic N) is 1. The molecule has 1 aliphatic carbocycles. The molecule has 0 atom stereocenters. The molecule has 0 spiro atoms. The van der Waals surface area contributed by atoms with Crippen LogP contribution in [0.1, 0.15) is 48.0 Å². The predicted molar refractivity (Wildman–Crippen MR) is 116 cm³/mol. The van der Waals surface area contributed by atoms with Gasteiger partial charge in [-0.2, -0.15) is 5.10 Å². The number of ether oxygens (including phenoxy) is 1. The van der Waals surface area contributed by atoms with Gasteiger partial charge in [0.15, 0.2) is 5.11 Å². The van der Waals surface area contributed by atoms with Gasteiger partial charge in [0.25, 0.3) is 0 Å². The number of hydrogen-bond acceptors (Lipinski definition) is 4. The average molecular weight is 416 g/mol. The fourth-order valence-corrected chi connectivity index (χ4v) is 3.40. The van der Waals surface area contributed by atoms with Crippen LogP contribution in [0.25, 0.3) is 0 Å². The highest BCUT2D eigenvalue weighted by Gasteiger charge is 2.14. The molecule has 1 saturated carbocycles. The topological polar surface area (TPSA) is 62.7 Å². The molecule has 146 valence electrons. The van der Waals surface area contributed by atoms with Gasteiger partial charge < -0.3 is 10.1 Å². The quantitative estimate of drug-likeness (QED) is 0.244. The number of hydrazone groups is 1. The fraction of sp³-hybridized carbons (Fsp3) is 0.286. The lowest BCUT2D eigenvalue weighted by molar-refractivity contribution is 0.0734. The lowest BCUT2D eigenvalue weighted by Crippen LogP contribution is -2.40. The molecule has 0 bridgehead atoms. The number of thiocarbonyl (C=S) groups is 1. The van der Waals surface area contributed by atoms with Gasteiger partial charge in [-0.3, -0.25) is 5.43 Å². The Morgan fingerprint density at radius 1 is 1.11 bits per heavy atom. The standard InChI is InChI=1S/C21H22ClN3O2S/c22-17-12-10-15(11-13-17)20(26)27-19-9-5-4-6-16(19)14-23-25-21(28)24-18-7-2-1-3-8-18/h4-6,9-14,18H,1-3,7-8H2,(H2,24,25,28)/b23-14+. The molecule has 1 fully saturated rings. The Hall–Kier alpha value is -2.44. The summed E-state index contributed by atoms with van der Waals surface area (Å²) < 4.78 is 5.50. The third kappa shape index (κ3) is 6.04. The van der Waals surface area contributed by atoms with Crippen molar-refractivity contribution in [1.82, 2.24) is 10.7 Å². The summed E-state index contributed by atoms with van der Waals surface area (Å²) in [6, 6.07) is 14.1. The molecule has 2 aromatic carbocycles. The maximum atomic E-state index is 12.3. The minimum absolute atomic E-state index is 0.413. The highest BCUT2D eigenvalue weighted by atomic mass is 35.5. The van der Waals surface area contributed by atoms with Gasteiger partial charge in [0.05, 0.1) is 11.8 Å². The van der Waals surface area contributed by atoms with Crippen LogP contribution in [0.4, 0.5) is 0 Å². The van der Waals surface area contributed by atoms with E-state index >= 15 is 0 Å². The van der Waals surface area contributed by atoms with Gasteiger partial charge in [0.1, 0.15) is 5.75 Å².